The van der Waals surface area contributed by atoms with Gasteiger partial charge in [0, 0.05) is 11.6 Å². The molecule has 1 aromatic heterocycles. The molecule has 0 unspecified atom stereocenters. The van der Waals surface area contributed by atoms with E-state index in [9.17, 15) is 15.0 Å². The van der Waals surface area contributed by atoms with Crippen molar-refractivity contribution in [2.24, 2.45) is 0 Å². The van der Waals surface area contributed by atoms with Gasteiger partial charge in [-0.2, -0.15) is 0 Å². The maximum Gasteiger partial charge on any atom is 0.235 e. The van der Waals surface area contributed by atoms with E-state index in [2.05, 4.69) is 5.92 Å². The van der Waals surface area contributed by atoms with Gasteiger partial charge in [0.05, 0.1) is 12.5 Å². The van der Waals surface area contributed by atoms with Gasteiger partial charge in [-0.1, -0.05) is 5.92 Å². The summed E-state index contributed by atoms with van der Waals surface area (Å²) in [7, 11) is 1.39. The molecule has 0 amide bonds. The van der Waals surface area contributed by atoms with Crippen LogP contribution in [0.2, 0.25) is 0 Å². The highest BCUT2D eigenvalue weighted by Gasteiger charge is 2.17. The quantitative estimate of drug-likeness (QED) is 0.711. The number of phenols is 1. The van der Waals surface area contributed by atoms with E-state index in [1.165, 1.54) is 37.4 Å². The lowest BCUT2D eigenvalue weighted by molar-refractivity contribution is 0.370. The van der Waals surface area contributed by atoms with Crippen LogP contribution in [0.1, 0.15) is 0 Å². The number of aromatic hydroxyl groups is 2. The summed E-state index contributed by atoms with van der Waals surface area (Å²) in [6, 6.07) is 8.92. The van der Waals surface area contributed by atoms with Gasteiger partial charge in [-0.05, 0) is 30.3 Å². The second-order valence-electron chi connectivity index (χ2n) is 5.15. The predicted molar refractivity (Wildman–Crippen MR) is 92.1 cm³/mol. The van der Waals surface area contributed by atoms with Crippen molar-refractivity contribution in [1.82, 2.24) is 0 Å². The van der Waals surface area contributed by atoms with Crippen LogP contribution in [0.3, 0.4) is 0 Å². The Morgan fingerprint density at radius 1 is 1.20 bits per heavy atom. The molecule has 0 aliphatic heterocycles. The monoisotopic (exact) mass is 338 g/mol. The van der Waals surface area contributed by atoms with Crippen LogP contribution in [-0.2, 0) is 0 Å². The van der Waals surface area contributed by atoms with Crippen LogP contribution in [0.4, 0.5) is 0 Å². The molecule has 0 saturated heterocycles. The fourth-order valence-electron chi connectivity index (χ4n) is 2.39. The standard InChI is InChI=1S/C19H14O6/c1-3-8-24-12-5-6-13-15(10-12)25-19(18(22)17(13)21)11-4-7-14(20)16(9-11)23-2/h1,4-7,9-10,20,22H,8H2,2H3. The van der Waals surface area contributed by atoms with Crippen molar-refractivity contribution in [2.75, 3.05) is 13.7 Å². The molecule has 0 saturated carbocycles. The second-order valence-corrected chi connectivity index (χ2v) is 5.15. The Labute approximate surface area is 142 Å². The predicted octanol–water partition coefficient (Wildman–Crippen LogP) is 2.89. The van der Waals surface area contributed by atoms with Gasteiger partial charge in [0.15, 0.2) is 17.3 Å². The first-order valence-electron chi connectivity index (χ1n) is 7.28. The zero-order valence-corrected chi connectivity index (χ0v) is 13.3. The zero-order chi connectivity index (χ0) is 18.0. The van der Waals surface area contributed by atoms with Crippen molar-refractivity contribution in [2.45, 2.75) is 0 Å². The molecule has 6 nitrogen and oxygen atoms in total. The summed E-state index contributed by atoms with van der Waals surface area (Å²) in [6.07, 6.45) is 5.16. The molecule has 0 radical (unpaired) electrons. The highest BCUT2D eigenvalue weighted by Crippen LogP contribution is 2.36. The molecule has 6 heteroatoms. The van der Waals surface area contributed by atoms with E-state index in [-0.39, 0.29) is 34.8 Å². The number of ether oxygens (including phenoxy) is 2. The van der Waals surface area contributed by atoms with E-state index in [1.807, 2.05) is 0 Å². The minimum Gasteiger partial charge on any atom is -0.504 e. The molecule has 25 heavy (non-hydrogen) atoms. The van der Waals surface area contributed by atoms with E-state index >= 15 is 0 Å². The Balaban J connectivity index is 2.20. The van der Waals surface area contributed by atoms with Crippen molar-refractivity contribution in [3.05, 3.63) is 46.6 Å². The maximum atomic E-state index is 12.4. The third-order valence-electron chi connectivity index (χ3n) is 3.60. The average Bonchev–Trinajstić information content (AvgIpc) is 2.63. The first-order chi connectivity index (χ1) is 12.0. The Hall–Kier alpha value is -3.59. The molecule has 3 aromatic rings. The topological polar surface area (TPSA) is 89.1 Å². The van der Waals surface area contributed by atoms with Gasteiger partial charge in [0.25, 0.3) is 0 Å². The summed E-state index contributed by atoms with van der Waals surface area (Å²) in [4.78, 5) is 12.4. The number of rotatable bonds is 4. The Morgan fingerprint density at radius 2 is 2.00 bits per heavy atom. The largest absolute Gasteiger partial charge is 0.504 e. The molecule has 0 spiro atoms. The highest BCUT2D eigenvalue weighted by molar-refractivity contribution is 5.83. The fraction of sp³-hybridized carbons (Fsp3) is 0.105. The number of terminal acetylenes is 1. The number of hydrogen-bond acceptors (Lipinski definition) is 6. The summed E-state index contributed by atoms with van der Waals surface area (Å²) in [5, 5.41) is 20.1. The lowest BCUT2D eigenvalue weighted by atomic mass is 10.1. The van der Waals surface area contributed by atoms with E-state index in [0.29, 0.717) is 11.3 Å². The SMILES string of the molecule is C#CCOc1ccc2c(=O)c(O)c(-c3ccc(O)c(OC)c3)oc2c1. The lowest BCUT2D eigenvalue weighted by Gasteiger charge is -2.09. The van der Waals surface area contributed by atoms with Crippen molar-refractivity contribution in [1.29, 1.82) is 0 Å². The van der Waals surface area contributed by atoms with Gasteiger partial charge in [0.2, 0.25) is 11.2 Å². The molecule has 0 aliphatic carbocycles. The van der Waals surface area contributed by atoms with Crippen molar-refractivity contribution in [3.8, 4) is 46.7 Å². The number of hydrogen-bond donors (Lipinski definition) is 2. The molecule has 0 atom stereocenters. The summed E-state index contributed by atoms with van der Waals surface area (Å²) < 4.78 is 16.1. The molecule has 0 bridgehead atoms. The Bertz CT molecular complexity index is 1040. The van der Waals surface area contributed by atoms with E-state index < -0.39 is 11.2 Å². The molecule has 126 valence electrons. The molecule has 0 fully saturated rings. The van der Waals surface area contributed by atoms with Gasteiger partial charge in [-0.3, -0.25) is 4.79 Å². The third kappa shape index (κ3) is 2.95. The second kappa shape index (κ2) is 6.49. The van der Waals surface area contributed by atoms with Crippen LogP contribution in [-0.4, -0.2) is 23.9 Å². The van der Waals surface area contributed by atoms with Gasteiger partial charge >= 0.3 is 0 Å². The summed E-state index contributed by atoms with van der Waals surface area (Å²) in [5.74, 6) is 2.33. The minimum atomic E-state index is -0.577. The van der Waals surface area contributed by atoms with Crippen LogP contribution < -0.4 is 14.9 Å². The van der Waals surface area contributed by atoms with Crippen LogP contribution in [0.15, 0.2) is 45.6 Å². The molecular formula is C19H14O6. The van der Waals surface area contributed by atoms with Gasteiger partial charge in [-0.15, -0.1) is 6.42 Å². The van der Waals surface area contributed by atoms with Crippen molar-refractivity contribution >= 4 is 11.0 Å². The van der Waals surface area contributed by atoms with Gasteiger partial charge < -0.3 is 24.1 Å². The molecule has 2 aromatic carbocycles. The van der Waals surface area contributed by atoms with Crippen LogP contribution >= 0.6 is 0 Å². The van der Waals surface area contributed by atoms with Crippen molar-refractivity contribution < 1.29 is 24.1 Å². The van der Waals surface area contributed by atoms with Crippen LogP contribution in [0.5, 0.6) is 23.0 Å². The first-order valence-corrected chi connectivity index (χ1v) is 7.28. The summed E-state index contributed by atoms with van der Waals surface area (Å²) >= 11 is 0. The molecule has 0 aliphatic rings. The Kier molecular flexibility index (Phi) is 4.23. The Morgan fingerprint density at radius 3 is 2.72 bits per heavy atom. The lowest BCUT2D eigenvalue weighted by Crippen LogP contribution is -2.03. The molecule has 1 heterocycles. The number of fused-ring (bicyclic) bond motifs is 1. The van der Waals surface area contributed by atoms with E-state index in [0.717, 1.165) is 0 Å². The summed E-state index contributed by atoms with van der Waals surface area (Å²) in [6.45, 7) is 0.0792. The van der Waals surface area contributed by atoms with Crippen LogP contribution in [0.25, 0.3) is 22.3 Å². The molecule has 2 N–H and O–H groups in total. The number of phenolic OH excluding ortho intramolecular Hbond substituents is 1. The summed E-state index contributed by atoms with van der Waals surface area (Å²) in [5.41, 5.74) is 0.0345. The fourth-order valence-corrected chi connectivity index (χ4v) is 2.39. The third-order valence-corrected chi connectivity index (χ3v) is 3.60. The van der Waals surface area contributed by atoms with Crippen LogP contribution in [0, 0.1) is 12.3 Å². The van der Waals surface area contributed by atoms with Gasteiger partial charge in [0.1, 0.15) is 17.9 Å². The molecule has 3 rings (SSSR count). The van der Waals surface area contributed by atoms with Crippen molar-refractivity contribution in [3.63, 3.8) is 0 Å². The minimum absolute atomic E-state index is 0.0371. The smallest absolute Gasteiger partial charge is 0.235 e. The average molecular weight is 338 g/mol. The van der Waals surface area contributed by atoms with E-state index in [4.69, 9.17) is 20.3 Å². The van der Waals surface area contributed by atoms with Gasteiger partial charge in [-0.25, -0.2) is 0 Å². The normalized spacial score (nSPS) is 10.4. The first kappa shape index (κ1) is 16.3. The highest BCUT2D eigenvalue weighted by atomic mass is 16.5. The number of methoxy groups -OCH3 is 1. The number of benzene rings is 2. The zero-order valence-electron chi connectivity index (χ0n) is 13.3. The van der Waals surface area contributed by atoms with E-state index in [1.54, 1.807) is 6.07 Å². The molecular weight excluding hydrogens is 324 g/mol. The maximum absolute atomic E-state index is 12.4.